The molecule has 0 unspecified atom stereocenters. The number of allylic oxidation sites excluding steroid dienone is 3. The van der Waals surface area contributed by atoms with E-state index in [2.05, 4.69) is 6.58 Å². The molecule has 1 aliphatic rings. The average molecular weight is 417 g/mol. The number of unbranched alkanes of at least 4 members (excludes halogenated alkanes) is 3. The number of aliphatic carboxylic acids is 1. The van der Waals surface area contributed by atoms with Crippen LogP contribution in [0.25, 0.3) is 0 Å². The molecular formula is C24H32O6. The first-order chi connectivity index (χ1) is 14.1. The monoisotopic (exact) mass is 416 g/mol. The highest BCUT2D eigenvalue weighted by atomic mass is 16.4. The molecule has 1 aliphatic carbocycles. The molecule has 0 spiro atoms. The highest BCUT2D eigenvalue weighted by Crippen LogP contribution is 2.48. The van der Waals surface area contributed by atoms with Crippen LogP contribution in [-0.4, -0.2) is 32.4 Å². The van der Waals surface area contributed by atoms with Crippen molar-refractivity contribution in [3.63, 3.8) is 0 Å². The van der Waals surface area contributed by atoms with Gasteiger partial charge >= 0.3 is 11.9 Å². The summed E-state index contributed by atoms with van der Waals surface area (Å²) in [6.45, 7) is 7.95. The molecule has 6 heteroatoms. The topological polar surface area (TPSA) is 115 Å². The van der Waals surface area contributed by atoms with E-state index in [1.807, 2.05) is 19.9 Å². The van der Waals surface area contributed by atoms with Crippen molar-refractivity contribution in [1.29, 1.82) is 0 Å². The Hall–Kier alpha value is -2.76. The zero-order valence-electron chi connectivity index (χ0n) is 17.8. The van der Waals surface area contributed by atoms with E-state index in [-0.39, 0.29) is 40.9 Å². The third-order valence-corrected chi connectivity index (χ3v) is 5.91. The molecule has 0 amide bonds. The van der Waals surface area contributed by atoms with Crippen molar-refractivity contribution in [2.24, 2.45) is 5.92 Å². The maximum atomic E-state index is 11.9. The molecular weight excluding hydrogens is 384 g/mol. The predicted octanol–water partition coefficient (Wildman–Crippen LogP) is 5.39. The molecule has 0 bridgehead atoms. The highest BCUT2D eigenvalue weighted by Gasteiger charge is 2.32. The Bertz CT molecular complexity index is 852. The number of hydrogen-bond acceptors (Lipinski definition) is 4. The van der Waals surface area contributed by atoms with Crippen LogP contribution in [0.4, 0.5) is 0 Å². The van der Waals surface area contributed by atoms with Crippen LogP contribution in [0.1, 0.15) is 86.2 Å². The molecule has 164 valence electrons. The van der Waals surface area contributed by atoms with Crippen LogP contribution in [0.2, 0.25) is 0 Å². The standard InChI is InChI=1S/C24H32O6/c1-14(2)17-11-10-15(3)12-18(17)22-19(25)13-16(21(23(22)28)24(29)30)8-6-4-5-7-9-20(26)27/h12-13,17-18,25,28H,1,4-11H2,2-3H3,(H,26,27)(H,29,30)/t17-,18+/m0/s1. The van der Waals surface area contributed by atoms with Crippen molar-refractivity contribution >= 4 is 11.9 Å². The van der Waals surface area contributed by atoms with Crippen molar-refractivity contribution in [1.82, 2.24) is 0 Å². The van der Waals surface area contributed by atoms with E-state index < -0.39 is 11.9 Å². The number of aromatic hydroxyl groups is 2. The van der Waals surface area contributed by atoms with Gasteiger partial charge in [0.1, 0.15) is 17.1 Å². The molecule has 0 saturated carbocycles. The maximum absolute atomic E-state index is 11.9. The van der Waals surface area contributed by atoms with E-state index in [9.17, 15) is 24.9 Å². The number of phenolic OH excluding ortho intramolecular Hbond substituents is 1. The summed E-state index contributed by atoms with van der Waals surface area (Å²) in [6, 6.07) is 1.46. The van der Waals surface area contributed by atoms with Crippen molar-refractivity contribution in [3.05, 3.63) is 46.6 Å². The van der Waals surface area contributed by atoms with Crippen LogP contribution in [0.5, 0.6) is 11.5 Å². The van der Waals surface area contributed by atoms with E-state index in [0.717, 1.165) is 36.8 Å². The molecule has 6 nitrogen and oxygen atoms in total. The Morgan fingerprint density at radius 2 is 1.80 bits per heavy atom. The molecule has 2 rings (SSSR count). The van der Waals surface area contributed by atoms with Gasteiger partial charge in [0.25, 0.3) is 0 Å². The lowest BCUT2D eigenvalue weighted by molar-refractivity contribution is -0.137. The van der Waals surface area contributed by atoms with Gasteiger partial charge in [-0.25, -0.2) is 4.79 Å². The summed E-state index contributed by atoms with van der Waals surface area (Å²) >= 11 is 0. The number of aromatic carboxylic acids is 1. The third-order valence-electron chi connectivity index (χ3n) is 5.91. The van der Waals surface area contributed by atoms with Gasteiger partial charge in [-0.1, -0.05) is 36.6 Å². The van der Waals surface area contributed by atoms with E-state index in [0.29, 0.717) is 24.8 Å². The smallest absolute Gasteiger partial charge is 0.339 e. The van der Waals surface area contributed by atoms with Crippen molar-refractivity contribution in [3.8, 4) is 11.5 Å². The predicted molar refractivity (Wildman–Crippen MR) is 115 cm³/mol. The number of carboxylic acids is 2. The molecule has 4 N–H and O–H groups in total. The maximum Gasteiger partial charge on any atom is 0.339 e. The molecule has 0 fully saturated rings. The Balaban J connectivity index is 2.31. The molecule has 1 aromatic rings. The minimum absolute atomic E-state index is 0.0206. The van der Waals surface area contributed by atoms with E-state index in [4.69, 9.17) is 5.11 Å². The van der Waals surface area contributed by atoms with Crippen LogP contribution >= 0.6 is 0 Å². The van der Waals surface area contributed by atoms with Gasteiger partial charge in [-0.05, 0) is 63.5 Å². The molecule has 2 atom stereocenters. The van der Waals surface area contributed by atoms with Crippen LogP contribution in [0.15, 0.2) is 29.9 Å². The molecule has 1 aromatic carbocycles. The van der Waals surface area contributed by atoms with Crippen LogP contribution in [0, 0.1) is 5.92 Å². The second-order valence-electron chi connectivity index (χ2n) is 8.34. The summed E-state index contributed by atoms with van der Waals surface area (Å²) in [6.07, 6.45) is 6.94. The first-order valence-electron chi connectivity index (χ1n) is 10.5. The van der Waals surface area contributed by atoms with Gasteiger partial charge < -0.3 is 20.4 Å². The summed E-state index contributed by atoms with van der Waals surface area (Å²) in [5.74, 6) is -2.82. The fraction of sp³-hybridized carbons (Fsp3) is 0.500. The first kappa shape index (κ1) is 23.5. The fourth-order valence-electron chi connectivity index (χ4n) is 4.34. The lowest BCUT2D eigenvalue weighted by Gasteiger charge is -2.32. The number of carboxylic acid groups (broad SMARTS) is 2. The van der Waals surface area contributed by atoms with Crippen molar-refractivity contribution in [2.45, 2.75) is 71.1 Å². The van der Waals surface area contributed by atoms with E-state index in [1.54, 1.807) is 0 Å². The largest absolute Gasteiger partial charge is 0.507 e. The van der Waals surface area contributed by atoms with E-state index in [1.165, 1.54) is 6.07 Å². The van der Waals surface area contributed by atoms with Crippen LogP contribution < -0.4 is 0 Å². The zero-order chi connectivity index (χ0) is 22.4. The van der Waals surface area contributed by atoms with E-state index >= 15 is 0 Å². The van der Waals surface area contributed by atoms with Gasteiger partial charge in [-0.2, -0.15) is 0 Å². The van der Waals surface area contributed by atoms with Gasteiger partial charge in [-0.15, -0.1) is 0 Å². The lowest BCUT2D eigenvalue weighted by atomic mass is 9.73. The molecule has 0 radical (unpaired) electrons. The number of aryl methyl sites for hydroxylation is 1. The van der Waals surface area contributed by atoms with Crippen molar-refractivity contribution < 1.29 is 30.0 Å². The zero-order valence-corrected chi connectivity index (χ0v) is 17.8. The number of carbonyl (C=O) groups is 2. The quantitative estimate of drug-likeness (QED) is 0.300. The summed E-state index contributed by atoms with van der Waals surface area (Å²) in [5, 5.41) is 40.1. The lowest BCUT2D eigenvalue weighted by Crippen LogP contribution is -2.18. The normalized spacial score (nSPS) is 18.7. The summed E-state index contributed by atoms with van der Waals surface area (Å²) in [5.41, 5.74) is 2.56. The van der Waals surface area contributed by atoms with Gasteiger partial charge in [-0.3, -0.25) is 4.79 Å². The molecule has 0 aliphatic heterocycles. The number of hydrogen-bond donors (Lipinski definition) is 4. The number of phenols is 2. The Kier molecular flexibility index (Phi) is 8.09. The average Bonchev–Trinajstić information content (AvgIpc) is 2.63. The number of benzene rings is 1. The fourth-order valence-corrected chi connectivity index (χ4v) is 4.34. The highest BCUT2D eigenvalue weighted by molar-refractivity contribution is 5.94. The summed E-state index contributed by atoms with van der Waals surface area (Å²) < 4.78 is 0. The van der Waals surface area contributed by atoms with Gasteiger partial charge in [0.05, 0.1) is 0 Å². The molecule has 30 heavy (non-hydrogen) atoms. The van der Waals surface area contributed by atoms with Crippen molar-refractivity contribution in [2.75, 3.05) is 0 Å². The van der Waals surface area contributed by atoms with Crippen LogP contribution in [0.3, 0.4) is 0 Å². The Labute approximate surface area is 177 Å². The summed E-state index contributed by atoms with van der Waals surface area (Å²) in [7, 11) is 0. The molecule has 0 aromatic heterocycles. The minimum Gasteiger partial charge on any atom is -0.507 e. The first-order valence-corrected chi connectivity index (χ1v) is 10.5. The summed E-state index contributed by atoms with van der Waals surface area (Å²) in [4.78, 5) is 22.5. The molecule has 0 saturated heterocycles. The second kappa shape index (κ2) is 10.3. The van der Waals surface area contributed by atoms with Gasteiger partial charge in [0, 0.05) is 17.9 Å². The minimum atomic E-state index is -1.22. The number of rotatable bonds is 10. The third kappa shape index (κ3) is 5.65. The Morgan fingerprint density at radius 3 is 2.40 bits per heavy atom. The second-order valence-corrected chi connectivity index (χ2v) is 8.34. The molecule has 0 heterocycles. The van der Waals surface area contributed by atoms with Crippen LogP contribution in [-0.2, 0) is 11.2 Å². The van der Waals surface area contributed by atoms with Gasteiger partial charge in [0.2, 0.25) is 0 Å². The SMILES string of the molecule is C=C(C)[C@@H]1CCC(C)=C[C@H]1c1c(O)cc(CCCCCCC(=O)O)c(C(=O)O)c1O. The Morgan fingerprint density at radius 1 is 1.13 bits per heavy atom. The van der Waals surface area contributed by atoms with Gasteiger partial charge in [0.15, 0.2) is 0 Å².